The normalized spacial score (nSPS) is 32.8. The van der Waals surface area contributed by atoms with Crippen molar-refractivity contribution in [3.8, 4) is 0 Å². The van der Waals surface area contributed by atoms with Crippen molar-refractivity contribution in [2.75, 3.05) is 20.8 Å². The fourth-order valence-corrected chi connectivity index (χ4v) is 3.19. The molecule has 0 bridgehead atoms. The van der Waals surface area contributed by atoms with Crippen LogP contribution in [0.4, 0.5) is 0 Å². The van der Waals surface area contributed by atoms with Gasteiger partial charge in [0.15, 0.2) is 5.79 Å². The summed E-state index contributed by atoms with van der Waals surface area (Å²) in [5.41, 5.74) is 0.459. The van der Waals surface area contributed by atoms with E-state index in [2.05, 4.69) is 19.2 Å². The first-order chi connectivity index (χ1) is 6.57. The highest BCUT2D eigenvalue weighted by Crippen LogP contribution is 2.57. The van der Waals surface area contributed by atoms with E-state index in [0.717, 1.165) is 19.4 Å². The van der Waals surface area contributed by atoms with Crippen molar-refractivity contribution in [3.05, 3.63) is 0 Å². The van der Waals surface area contributed by atoms with Gasteiger partial charge >= 0.3 is 0 Å². The van der Waals surface area contributed by atoms with Gasteiger partial charge in [-0.15, -0.1) is 0 Å². The van der Waals surface area contributed by atoms with Crippen LogP contribution in [0, 0.1) is 11.3 Å². The second-order valence-corrected chi connectivity index (χ2v) is 5.14. The average Bonchev–Trinajstić information content (AvgIpc) is 2.01. The molecule has 2 fully saturated rings. The van der Waals surface area contributed by atoms with Crippen LogP contribution in [0.2, 0.25) is 0 Å². The molecule has 1 atom stereocenters. The predicted molar refractivity (Wildman–Crippen MR) is 55.0 cm³/mol. The van der Waals surface area contributed by atoms with Gasteiger partial charge in [0.2, 0.25) is 0 Å². The van der Waals surface area contributed by atoms with E-state index in [9.17, 15) is 0 Å². The molecule has 1 aliphatic heterocycles. The van der Waals surface area contributed by atoms with Crippen molar-refractivity contribution in [2.24, 2.45) is 11.3 Å². The first-order valence-corrected chi connectivity index (χ1v) is 5.41. The van der Waals surface area contributed by atoms with Gasteiger partial charge in [-0.25, -0.2) is 0 Å². The standard InChI is InChI=1S/C11H21NO2/c1-8(2)9-10(7-12-9)5-11(6-10,13-3)14-4/h8-9,12H,5-7H2,1-4H3/t9-/m0/s1. The molecule has 3 nitrogen and oxygen atoms in total. The lowest BCUT2D eigenvalue weighted by Crippen LogP contribution is -2.74. The van der Waals surface area contributed by atoms with Gasteiger partial charge in [-0.3, -0.25) is 0 Å². The first-order valence-electron chi connectivity index (χ1n) is 5.41. The summed E-state index contributed by atoms with van der Waals surface area (Å²) < 4.78 is 10.9. The molecule has 14 heavy (non-hydrogen) atoms. The number of hydrogen-bond acceptors (Lipinski definition) is 3. The maximum atomic E-state index is 5.43. The number of ether oxygens (including phenoxy) is 2. The van der Waals surface area contributed by atoms with Crippen LogP contribution in [0.15, 0.2) is 0 Å². The minimum absolute atomic E-state index is 0.282. The van der Waals surface area contributed by atoms with Crippen LogP contribution in [0.5, 0.6) is 0 Å². The maximum Gasteiger partial charge on any atom is 0.168 e. The lowest BCUT2D eigenvalue weighted by molar-refractivity contribution is -0.317. The van der Waals surface area contributed by atoms with Crippen molar-refractivity contribution >= 4 is 0 Å². The molecule has 0 aromatic carbocycles. The summed E-state index contributed by atoms with van der Waals surface area (Å²) in [6.45, 7) is 5.68. The second kappa shape index (κ2) is 3.19. The van der Waals surface area contributed by atoms with Crippen LogP contribution < -0.4 is 5.32 Å². The zero-order valence-electron chi connectivity index (χ0n) is 9.59. The van der Waals surface area contributed by atoms with Gasteiger partial charge in [0.05, 0.1) is 0 Å². The lowest BCUT2D eigenvalue weighted by atomic mass is 9.54. The largest absolute Gasteiger partial charge is 0.353 e. The molecule has 1 heterocycles. The van der Waals surface area contributed by atoms with E-state index < -0.39 is 0 Å². The third kappa shape index (κ3) is 1.23. The van der Waals surface area contributed by atoms with Crippen molar-refractivity contribution in [3.63, 3.8) is 0 Å². The molecular weight excluding hydrogens is 178 g/mol. The van der Waals surface area contributed by atoms with Gasteiger partial charge in [0.25, 0.3) is 0 Å². The summed E-state index contributed by atoms with van der Waals surface area (Å²) in [6, 6.07) is 0.654. The van der Waals surface area contributed by atoms with E-state index in [1.54, 1.807) is 14.2 Å². The van der Waals surface area contributed by atoms with Crippen LogP contribution in [0.25, 0.3) is 0 Å². The Balaban J connectivity index is 1.98. The number of hydrogen-bond donors (Lipinski definition) is 1. The Hall–Kier alpha value is -0.120. The Labute approximate surface area is 86.2 Å². The minimum atomic E-state index is -0.282. The summed E-state index contributed by atoms with van der Waals surface area (Å²) >= 11 is 0. The van der Waals surface area contributed by atoms with Gasteiger partial charge in [-0.1, -0.05) is 13.8 Å². The molecule has 1 N–H and O–H groups in total. The Morgan fingerprint density at radius 3 is 2.07 bits per heavy atom. The van der Waals surface area contributed by atoms with Gasteiger partial charge in [0, 0.05) is 45.1 Å². The highest BCUT2D eigenvalue weighted by Gasteiger charge is 2.63. The fraction of sp³-hybridized carbons (Fsp3) is 1.00. The molecule has 1 aliphatic carbocycles. The molecule has 1 spiro atoms. The minimum Gasteiger partial charge on any atom is -0.353 e. The predicted octanol–water partition coefficient (Wildman–Crippen LogP) is 1.38. The highest BCUT2D eigenvalue weighted by molar-refractivity contribution is 5.14. The highest BCUT2D eigenvalue weighted by atomic mass is 16.7. The molecule has 0 aromatic heterocycles. The first kappa shape index (κ1) is 10.4. The van der Waals surface area contributed by atoms with E-state index in [1.165, 1.54) is 0 Å². The topological polar surface area (TPSA) is 30.5 Å². The summed E-state index contributed by atoms with van der Waals surface area (Å²) in [6.07, 6.45) is 2.09. The van der Waals surface area contributed by atoms with Crippen molar-refractivity contribution in [1.29, 1.82) is 0 Å². The molecule has 3 heteroatoms. The summed E-state index contributed by atoms with van der Waals surface area (Å²) in [5, 5.41) is 3.51. The van der Waals surface area contributed by atoms with Crippen molar-refractivity contribution in [1.82, 2.24) is 5.32 Å². The smallest absolute Gasteiger partial charge is 0.168 e. The second-order valence-electron chi connectivity index (χ2n) is 5.14. The van der Waals surface area contributed by atoms with Gasteiger partial charge in [-0.2, -0.15) is 0 Å². The number of methoxy groups -OCH3 is 2. The summed E-state index contributed by atoms with van der Waals surface area (Å²) in [5.74, 6) is 0.422. The molecule has 0 radical (unpaired) electrons. The molecule has 0 aromatic rings. The van der Waals surface area contributed by atoms with E-state index in [1.807, 2.05) is 0 Å². The average molecular weight is 199 g/mol. The quantitative estimate of drug-likeness (QED) is 0.697. The van der Waals surface area contributed by atoms with Crippen LogP contribution in [0.3, 0.4) is 0 Å². The SMILES string of the molecule is COC1(OC)CC2(CN[C@H]2C(C)C)C1. The van der Waals surface area contributed by atoms with Crippen LogP contribution in [-0.2, 0) is 9.47 Å². The van der Waals surface area contributed by atoms with Crippen LogP contribution >= 0.6 is 0 Å². The van der Waals surface area contributed by atoms with Crippen LogP contribution in [-0.4, -0.2) is 32.6 Å². The van der Waals surface area contributed by atoms with E-state index in [-0.39, 0.29) is 5.79 Å². The van der Waals surface area contributed by atoms with Crippen molar-refractivity contribution in [2.45, 2.75) is 38.5 Å². The van der Waals surface area contributed by atoms with Gasteiger partial charge in [0.1, 0.15) is 0 Å². The van der Waals surface area contributed by atoms with Crippen molar-refractivity contribution < 1.29 is 9.47 Å². The van der Waals surface area contributed by atoms with E-state index in [0.29, 0.717) is 17.4 Å². The Kier molecular flexibility index (Phi) is 2.37. The molecule has 1 saturated heterocycles. The molecule has 0 unspecified atom stereocenters. The fourth-order valence-electron chi connectivity index (χ4n) is 3.19. The number of nitrogens with one attached hydrogen (secondary N) is 1. The Bertz CT molecular complexity index is 215. The zero-order chi connectivity index (χ0) is 10.4. The maximum absolute atomic E-state index is 5.43. The molecule has 2 aliphatic rings. The zero-order valence-corrected chi connectivity index (χ0v) is 9.59. The van der Waals surface area contributed by atoms with Gasteiger partial charge in [-0.05, 0) is 5.92 Å². The third-order valence-electron chi connectivity index (χ3n) is 3.99. The van der Waals surface area contributed by atoms with Gasteiger partial charge < -0.3 is 14.8 Å². The third-order valence-corrected chi connectivity index (χ3v) is 3.99. The Morgan fingerprint density at radius 1 is 1.21 bits per heavy atom. The van der Waals surface area contributed by atoms with E-state index in [4.69, 9.17) is 9.47 Å². The number of rotatable bonds is 3. The summed E-state index contributed by atoms with van der Waals surface area (Å²) in [4.78, 5) is 0. The molecule has 82 valence electrons. The van der Waals surface area contributed by atoms with Crippen LogP contribution in [0.1, 0.15) is 26.7 Å². The molecular formula is C11H21NO2. The summed E-state index contributed by atoms with van der Waals surface area (Å²) in [7, 11) is 3.49. The molecule has 2 rings (SSSR count). The van der Waals surface area contributed by atoms with E-state index >= 15 is 0 Å². The Morgan fingerprint density at radius 2 is 1.79 bits per heavy atom. The lowest BCUT2D eigenvalue weighted by Gasteiger charge is -2.64. The molecule has 1 saturated carbocycles. The monoisotopic (exact) mass is 199 g/mol. The molecule has 0 amide bonds.